The Morgan fingerprint density at radius 3 is 2.03 bits per heavy atom. The van der Waals surface area contributed by atoms with E-state index < -0.39 is 78.5 Å². The summed E-state index contributed by atoms with van der Waals surface area (Å²) in [5.41, 5.74) is 5.09. The molecule has 0 bridgehead atoms. The number of hydrogen-bond acceptors (Lipinski definition) is 15. The number of carbonyl (C=O) groups is 8. The monoisotopic (exact) mass is 1110 g/mol. The molecule has 2 rings (SSSR count). The van der Waals surface area contributed by atoms with E-state index in [1.807, 2.05) is 90.9 Å². The SMILES string of the molecule is CCC(CO)OC(COC(=O)NCCC(=O)NNC(=O)OCCCNC(=O)[C@H](Cc1ccccc1)NC(=O)[C@H](C)[C@@H](OC)[C@@H]1CCCN1C(=O)C[C@@H](C)[C@H]([C@@H](C)CC)N(C)C(=O)[C@@H](NC(=O)[C@H](C(C)C)N(C)C)C(C)C)OC. The van der Waals surface area contributed by atoms with Crippen LogP contribution in [0, 0.1) is 29.6 Å². The molecule has 11 atom stereocenters. The van der Waals surface area contributed by atoms with Gasteiger partial charge in [-0.05, 0) is 69.0 Å². The van der Waals surface area contributed by atoms with E-state index in [9.17, 15) is 43.5 Å². The molecule has 1 aromatic carbocycles. The van der Waals surface area contributed by atoms with Crippen molar-refractivity contribution in [3.8, 4) is 0 Å². The molecule has 1 aliphatic rings. The highest BCUT2D eigenvalue weighted by atomic mass is 16.7. The normalized spacial score (nSPS) is 17.3. The van der Waals surface area contributed by atoms with Crippen LogP contribution < -0.4 is 32.1 Å². The highest BCUT2D eigenvalue weighted by Crippen LogP contribution is 2.31. The Kier molecular flexibility index (Phi) is 31.4. The topological polar surface area (TPSA) is 285 Å². The number of hydrazine groups is 1. The lowest BCUT2D eigenvalue weighted by molar-refractivity contribution is -0.181. The number of amides is 8. The maximum absolute atomic E-state index is 14.4. The van der Waals surface area contributed by atoms with Crippen LogP contribution in [-0.2, 0) is 58.9 Å². The van der Waals surface area contributed by atoms with E-state index in [1.165, 1.54) is 14.2 Å². The maximum atomic E-state index is 14.4. The first-order chi connectivity index (χ1) is 37.0. The van der Waals surface area contributed by atoms with E-state index in [1.54, 1.807) is 23.8 Å². The molecule has 0 spiro atoms. The lowest BCUT2D eigenvalue weighted by Gasteiger charge is -2.40. The van der Waals surface area contributed by atoms with Crippen LogP contribution in [0.5, 0.6) is 0 Å². The first-order valence-electron chi connectivity index (χ1n) is 27.5. The zero-order valence-electron chi connectivity index (χ0n) is 48.9. The average molecular weight is 1110 g/mol. The number of likely N-dealkylation sites (N-methyl/N-ethyl adjacent to an activating group) is 2. The highest BCUT2D eigenvalue weighted by Gasteiger charge is 2.43. The molecule has 78 heavy (non-hydrogen) atoms. The van der Waals surface area contributed by atoms with Gasteiger partial charge in [0.15, 0.2) is 6.29 Å². The van der Waals surface area contributed by atoms with Crippen LogP contribution in [0.25, 0.3) is 0 Å². The van der Waals surface area contributed by atoms with Gasteiger partial charge in [-0.2, -0.15) is 0 Å². The number of likely N-dealkylation sites (tertiary alicyclic amines) is 1. The summed E-state index contributed by atoms with van der Waals surface area (Å²) < 4.78 is 26.7. The number of hydrogen-bond donors (Lipinski definition) is 7. The van der Waals surface area contributed by atoms with Gasteiger partial charge in [-0.3, -0.25) is 39.1 Å². The summed E-state index contributed by atoms with van der Waals surface area (Å²) in [6, 6.07) is 6.27. The minimum Gasteiger partial charge on any atom is -0.448 e. The third kappa shape index (κ3) is 22.6. The second-order valence-electron chi connectivity index (χ2n) is 21.2. The van der Waals surface area contributed by atoms with Crippen LogP contribution in [0.4, 0.5) is 9.59 Å². The molecule has 7 N–H and O–H groups in total. The number of aliphatic hydroxyl groups excluding tert-OH is 1. The predicted molar refractivity (Wildman–Crippen MR) is 293 cm³/mol. The first-order valence-corrected chi connectivity index (χ1v) is 27.5. The average Bonchev–Trinajstić information content (AvgIpc) is 3.89. The van der Waals surface area contributed by atoms with Crippen LogP contribution in [0.2, 0.25) is 0 Å². The van der Waals surface area contributed by atoms with Crippen LogP contribution >= 0.6 is 0 Å². The van der Waals surface area contributed by atoms with Crippen molar-refractivity contribution in [2.75, 3.05) is 74.8 Å². The first kappa shape index (κ1) is 68.5. The molecule has 23 nitrogen and oxygen atoms in total. The Bertz CT molecular complexity index is 2000. The second kappa shape index (κ2) is 35.8. The number of carbonyl (C=O) groups excluding carboxylic acids is 8. The van der Waals surface area contributed by atoms with Gasteiger partial charge in [-0.15, -0.1) is 0 Å². The number of aliphatic hydroxyl groups is 1. The van der Waals surface area contributed by atoms with E-state index in [0.29, 0.717) is 25.8 Å². The molecule has 1 aliphatic heterocycles. The quantitative estimate of drug-likeness (QED) is 0.0297. The number of benzene rings is 1. The lowest BCUT2D eigenvalue weighted by Crippen LogP contribution is -2.58. The fourth-order valence-corrected chi connectivity index (χ4v) is 9.89. The summed E-state index contributed by atoms with van der Waals surface area (Å²) in [5.74, 6) is -3.26. The van der Waals surface area contributed by atoms with Crippen LogP contribution in [0.15, 0.2) is 30.3 Å². The molecule has 1 aromatic rings. The van der Waals surface area contributed by atoms with E-state index >= 15 is 0 Å². The third-order valence-corrected chi connectivity index (χ3v) is 14.3. The Morgan fingerprint density at radius 2 is 1.45 bits per heavy atom. The van der Waals surface area contributed by atoms with Gasteiger partial charge in [-0.25, -0.2) is 15.0 Å². The third-order valence-electron chi connectivity index (χ3n) is 14.3. The largest absolute Gasteiger partial charge is 0.448 e. The van der Waals surface area contributed by atoms with Crippen molar-refractivity contribution in [1.29, 1.82) is 0 Å². The van der Waals surface area contributed by atoms with Gasteiger partial charge in [0, 0.05) is 66.2 Å². The van der Waals surface area contributed by atoms with Crippen molar-refractivity contribution in [3.05, 3.63) is 35.9 Å². The molecule has 1 saturated heterocycles. The minimum atomic E-state index is -0.995. The van der Waals surface area contributed by atoms with Gasteiger partial charge >= 0.3 is 12.2 Å². The summed E-state index contributed by atoms with van der Waals surface area (Å²) in [6.45, 7) is 17.2. The van der Waals surface area contributed by atoms with E-state index in [0.717, 1.165) is 12.0 Å². The number of alkyl carbamates (subject to hydrolysis) is 1. The molecule has 23 heteroatoms. The van der Waals surface area contributed by atoms with Crippen LogP contribution in [0.1, 0.15) is 113 Å². The molecular weight excluding hydrogens is 1010 g/mol. The van der Waals surface area contributed by atoms with Crippen molar-refractivity contribution in [2.45, 2.75) is 162 Å². The summed E-state index contributed by atoms with van der Waals surface area (Å²) in [5, 5.41) is 20.5. The van der Waals surface area contributed by atoms with Crippen molar-refractivity contribution in [1.82, 2.24) is 46.8 Å². The van der Waals surface area contributed by atoms with Crippen molar-refractivity contribution >= 4 is 47.6 Å². The molecule has 0 saturated carbocycles. The Labute approximate surface area is 463 Å². The molecule has 0 radical (unpaired) electrons. The predicted octanol–water partition coefficient (Wildman–Crippen LogP) is 3.12. The van der Waals surface area contributed by atoms with Gasteiger partial charge in [-0.1, -0.05) is 99.1 Å². The van der Waals surface area contributed by atoms with Gasteiger partial charge in [0.05, 0.1) is 43.4 Å². The Hall–Kier alpha value is -5.62. The van der Waals surface area contributed by atoms with Crippen LogP contribution in [0.3, 0.4) is 0 Å². The van der Waals surface area contributed by atoms with Gasteiger partial charge < -0.3 is 59.9 Å². The summed E-state index contributed by atoms with van der Waals surface area (Å²) in [4.78, 5) is 112. The van der Waals surface area contributed by atoms with Gasteiger partial charge in [0.1, 0.15) is 18.7 Å². The molecular formula is C55H95N9O14. The van der Waals surface area contributed by atoms with E-state index in [-0.39, 0.29) is 106 Å². The number of ether oxygens (including phenoxy) is 5. The number of nitrogens with zero attached hydrogens (tertiary/aromatic N) is 3. The summed E-state index contributed by atoms with van der Waals surface area (Å²) in [6.07, 6.45) is -0.988. The molecule has 444 valence electrons. The van der Waals surface area contributed by atoms with Gasteiger partial charge in [0.2, 0.25) is 35.4 Å². The second-order valence-corrected chi connectivity index (χ2v) is 21.2. The van der Waals surface area contributed by atoms with Crippen molar-refractivity contribution in [2.24, 2.45) is 29.6 Å². The molecule has 1 fully saturated rings. The van der Waals surface area contributed by atoms with Gasteiger partial charge in [0.25, 0.3) is 0 Å². The number of nitrogens with one attached hydrogen (secondary N) is 6. The smallest absolute Gasteiger partial charge is 0.426 e. The molecule has 0 aliphatic carbocycles. The van der Waals surface area contributed by atoms with Crippen molar-refractivity contribution in [3.63, 3.8) is 0 Å². The lowest BCUT2D eigenvalue weighted by atomic mass is 9.84. The molecule has 1 heterocycles. The van der Waals surface area contributed by atoms with Crippen molar-refractivity contribution < 1.29 is 67.1 Å². The minimum absolute atomic E-state index is 0.0236. The fraction of sp³-hybridized carbons (Fsp3) is 0.745. The standard InChI is InChI=1S/C55H95N9O14/c1-15-36(7)48(63(12)53(71)46(34(3)4)59-52(70)47(35(5)6)62(10)11)37(8)30-44(67)64-28-20-24-42(64)49(75-14)38(9)50(68)58-41(31-39-22-18-17-19-23-39)51(69)56-26-21-29-76-55(73)61-60-43(66)25-27-57-54(72)77-33-45(74-13)78-40(16-2)32-65/h17-19,22-23,34-38,40-42,45-49,65H,15-16,20-21,24-33H2,1-14H3,(H,56,69)(H,57,72)(H,58,68)(H,59,70)(H,60,66)(H,61,73)/t36-,37+,38+,40?,41-,42-,45?,46-,47-,48-,49+/m0/s1. The zero-order valence-corrected chi connectivity index (χ0v) is 48.9. The number of methoxy groups -OCH3 is 2. The fourth-order valence-electron chi connectivity index (χ4n) is 9.89. The highest BCUT2D eigenvalue weighted by molar-refractivity contribution is 5.91. The summed E-state index contributed by atoms with van der Waals surface area (Å²) >= 11 is 0. The summed E-state index contributed by atoms with van der Waals surface area (Å²) in [7, 11) is 8.32. The zero-order chi connectivity index (χ0) is 58.6. The van der Waals surface area contributed by atoms with Crippen LogP contribution in [-0.4, -0.2) is 191 Å². The number of rotatable bonds is 34. The Balaban J connectivity index is 2.02. The molecule has 2 unspecified atom stereocenters. The molecule has 0 aromatic heterocycles. The molecule has 8 amide bonds. The maximum Gasteiger partial charge on any atom is 0.426 e. The Morgan fingerprint density at radius 1 is 0.769 bits per heavy atom. The van der Waals surface area contributed by atoms with E-state index in [2.05, 4.69) is 46.0 Å². The van der Waals surface area contributed by atoms with E-state index in [4.69, 9.17) is 23.7 Å².